The van der Waals surface area contributed by atoms with Crippen LogP contribution in [0, 0.1) is 5.92 Å². The number of rotatable bonds is 6. The van der Waals surface area contributed by atoms with Crippen LogP contribution in [-0.4, -0.2) is 38.2 Å². The third-order valence-electron chi connectivity index (χ3n) is 4.10. The van der Waals surface area contributed by atoms with E-state index in [0.29, 0.717) is 18.3 Å². The lowest BCUT2D eigenvalue weighted by atomic mass is 9.96. The van der Waals surface area contributed by atoms with Gasteiger partial charge in [-0.1, -0.05) is 30.3 Å². The zero-order chi connectivity index (χ0) is 15.6. The first-order valence-corrected chi connectivity index (χ1v) is 7.45. The van der Waals surface area contributed by atoms with Crippen LogP contribution in [0.1, 0.15) is 19.8 Å². The van der Waals surface area contributed by atoms with Crippen LogP contribution in [0.2, 0.25) is 0 Å². The van der Waals surface area contributed by atoms with E-state index in [-0.39, 0.29) is 18.0 Å². The Morgan fingerprint density at radius 2 is 2.14 bits per heavy atom. The van der Waals surface area contributed by atoms with Crippen molar-refractivity contribution in [1.82, 2.24) is 25.5 Å². The number of aromatic nitrogens is 4. The van der Waals surface area contributed by atoms with Crippen molar-refractivity contribution in [3.8, 4) is 11.4 Å². The molecule has 3 rings (SSSR count). The van der Waals surface area contributed by atoms with E-state index < -0.39 is 0 Å². The van der Waals surface area contributed by atoms with Crippen LogP contribution in [0.15, 0.2) is 30.3 Å². The maximum Gasteiger partial charge on any atom is 0.244 e. The second-order valence-electron chi connectivity index (χ2n) is 5.95. The first-order chi connectivity index (χ1) is 10.6. The summed E-state index contributed by atoms with van der Waals surface area (Å²) in [5.74, 6) is 0.846. The van der Waals surface area contributed by atoms with E-state index >= 15 is 0 Å². The second-order valence-corrected chi connectivity index (χ2v) is 5.95. The molecule has 0 saturated heterocycles. The Hall–Kier alpha value is -2.28. The molecule has 1 aromatic heterocycles. The molecule has 1 unspecified atom stereocenters. The predicted octanol–water partition coefficient (Wildman–Crippen LogP) is 0.584. The summed E-state index contributed by atoms with van der Waals surface area (Å²) in [6.45, 7) is 2.47. The minimum atomic E-state index is -0.333. The molecule has 0 aliphatic heterocycles. The van der Waals surface area contributed by atoms with E-state index in [1.54, 1.807) is 0 Å². The van der Waals surface area contributed by atoms with Gasteiger partial charge in [-0.2, -0.15) is 4.80 Å². The van der Waals surface area contributed by atoms with Crippen molar-refractivity contribution in [3.05, 3.63) is 30.3 Å². The molecular weight excluding hydrogens is 280 g/mol. The molecule has 1 amide bonds. The molecule has 0 radical (unpaired) electrons. The fourth-order valence-corrected chi connectivity index (χ4v) is 2.54. The van der Waals surface area contributed by atoms with Gasteiger partial charge in [0.05, 0.1) is 5.54 Å². The first-order valence-electron chi connectivity index (χ1n) is 7.45. The number of carbonyl (C=O) groups is 1. The van der Waals surface area contributed by atoms with E-state index in [9.17, 15) is 4.79 Å². The molecular formula is C15H20N6O. The van der Waals surface area contributed by atoms with E-state index in [4.69, 9.17) is 5.73 Å². The van der Waals surface area contributed by atoms with Crippen LogP contribution in [0.25, 0.3) is 11.4 Å². The Morgan fingerprint density at radius 3 is 2.77 bits per heavy atom. The lowest BCUT2D eigenvalue weighted by Gasteiger charge is -2.29. The summed E-state index contributed by atoms with van der Waals surface area (Å²) < 4.78 is 0. The van der Waals surface area contributed by atoms with Crippen molar-refractivity contribution in [2.75, 3.05) is 6.54 Å². The van der Waals surface area contributed by atoms with Gasteiger partial charge in [-0.25, -0.2) is 0 Å². The smallest absolute Gasteiger partial charge is 0.244 e. The fraction of sp³-hybridized carbons (Fsp3) is 0.467. The number of carbonyl (C=O) groups excluding carboxylic acids is 1. The summed E-state index contributed by atoms with van der Waals surface area (Å²) in [4.78, 5) is 13.5. The third kappa shape index (κ3) is 3.14. The Bertz CT molecular complexity index is 651. The normalized spacial score (nSPS) is 17.0. The van der Waals surface area contributed by atoms with Gasteiger partial charge >= 0.3 is 0 Å². The summed E-state index contributed by atoms with van der Waals surface area (Å²) in [6, 6.07) is 9.54. The largest absolute Gasteiger partial charge is 0.348 e. The number of nitrogens with two attached hydrogens (primary N) is 1. The van der Waals surface area contributed by atoms with Crippen LogP contribution in [0.5, 0.6) is 0 Å². The second kappa shape index (κ2) is 5.84. The number of hydrogen-bond donors (Lipinski definition) is 2. The van der Waals surface area contributed by atoms with Crippen molar-refractivity contribution < 1.29 is 4.79 Å². The van der Waals surface area contributed by atoms with E-state index in [1.807, 2.05) is 37.3 Å². The van der Waals surface area contributed by atoms with Gasteiger partial charge < -0.3 is 11.1 Å². The summed E-state index contributed by atoms with van der Waals surface area (Å²) >= 11 is 0. The third-order valence-corrected chi connectivity index (χ3v) is 4.10. The first kappa shape index (κ1) is 14.6. The molecule has 1 aromatic carbocycles. The average molecular weight is 300 g/mol. The fourth-order valence-electron chi connectivity index (χ4n) is 2.54. The van der Waals surface area contributed by atoms with Gasteiger partial charge in [0.2, 0.25) is 11.7 Å². The van der Waals surface area contributed by atoms with Gasteiger partial charge in [-0.15, -0.1) is 10.2 Å². The minimum absolute atomic E-state index is 0.0438. The highest BCUT2D eigenvalue weighted by molar-refractivity contribution is 5.76. The quantitative estimate of drug-likeness (QED) is 0.813. The SMILES string of the molecule is CC(CN)(NC(=O)Cn1nnc(-c2ccccc2)n1)C1CC1. The molecule has 7 heteroatoms. The molecule has 7 nitrogen and oxygen atoms in total. The van der Waals surface area contributed by atoms with Crippen molar-refractivity contribution >= 4 is 5.91 Å². The number of benzene rings is 1. The molecule has 1 heterocycles. The molecule has 22 heavy (non-hydrogen) atoms. The molecule has 1 aliphatic carbocycles. The van der Waals surface area contributed by atoms with Crippen molar-refractivity contribution in [1.29, 1.82) is 0 Å². The van der Waals surface area contributed by atoms with Crippen LogP contribution < -0.4 is 11.1 Å². The Labute approximate surface area is 128 Å². The van der Waals surface area contributed by atoms with E-state index in [0.717, 1.165) is 18.4 Å². The topological polar surface area (TPSA) is 98.7 Å². The molecule has 116 valence electrons. The van der Waals surface area contributed by atoms with Gasteiger partial charge in [0.1, 0.15) is 6.54 Å². The predicted molar refractivity (Wildman–Crippen MR) is 81.6 cm³/mol. The van der Waals surface area contributed by atoms with Crippen molar-refractivity contribution in [2.45, 2.75) is 31.8 Å². The molecule has 3 N–H and O–H groups in total. The monoisotopic (exact) mass is 300 g/mol. The van der Waals surface area contributed by atoms with Gasteiger partial charge in [-0.3, -0.25) is 4.79 Å². The molecule has 0 bridgehead atoms. The maximum absolute atomic E-state index is 12.2. The highest BCUT2D eigenvalue weighted by Crippen LogP contribution is 2.38. The zero-order valence-corrected chi connectivity index (χ0v) is 12.6. The van der Waals surface area contributed by atoms with Crippen LogP contribution in [0.4, 0.5) is 0 Å². The Morgan fingerprint density at radius 1 is 1.41 bits per heavy atom. The zero-order valence-electron chi connectivity index (χ0n) is 12.6. The van der Waals surface area contributed by atoms with Crippen molar-refractivity contribution in [3.63, 3.8) is 0 Å². The van der Waals surface area contributed by atoms with Crippen molar-refractivity contribution in [2.24, 2.45) is 11.7 Å². The summed E-state index contributed by atoms with van der Waals surface area (Å²) in [5, 5.41) is 15.2. The van der Waals surface area contributed by atoms with Crippen LogP contribution in [-0.2, 0) is 11.3 Å². The number of tetrazole rings is 1. The molecule has 0 spiro atoms. The van der Waals surface area contributed by atoms with Crippen LogP contribution in [0.3, 0.4) is 0 Å². The maximum atomic E-state index is 12.2. The summed E-state index contributed by atoms with van der Waals surface area (Å²) in [6.07, 6.45) is 2.24. The molecule has 1 fully saturated rings. The number of hydrogen-bond acceptors (Lipinski definition) is 5. The summed E-state index contributed by atoms with van der Waals surface area (Å²) in [5.41, 5.74) is 6.35. The standard InChI is InChI=1S/C15H20N6O/c1-15(10-16,12-7-8-12)17-13(22)9-21-19-14(18-20-21)11-5-3-2-4-6-11/h2-6,12H,7-10,16H2,1H3,(H,17,22). The Balaban J connectivity index is 1.64. The molecule has 2 aromatic rings. The lowest BCUT2D eigenvalue weighted by molar-refractivity contribution is -0.124. The molecule has 1 atom stereocenters. The number of nitrogens with zero attached hydrogens (tertiary/aromatic N) is 4. The average Bonchev–Trinajstić information content (AvgIpc) is 3.29. The van der Waals surface area contributed by atoms with Gasteiger partial charge in [0, 0.05) is 12.1 Å². The summed E-state index contributed by atoms with van der Waals surface area (Å²) in [7, 11) is 0. The molecule has 1 aliphatic rings. The Kier molecular flexibility index (Phi) is 3.89. The van der Waals surface area contributed by atoms with Gasteiger partial charge in [0.15, 0.2) is 0 Å². The molecule has 1 saturated carbocycles. The van der Waals surface area contributed by atoms with Gasteiger partial charge in [0.25, 0.3) is 0 Å². The minimum Gasteiger partial charge on any atom is -0.348 e. The van der Waals surface area contributed by atoms with E-state index in [2.05, 4.69) is 20.7 Å². The highest BCUT2D eigenvalue weighted by atomic mass is 16.2. The number of amides is 1. The lowest BCUT2D eigenvalue weighted by Crippen LogP contribution is -2.54. The highest BCUT2D eigenvalue weighted by Gasteiger charge is 2.41. The van der Waals surface area contributed by atoms with Gasteiger partial charge in [-0.05, 0) is 30.9 Å². The number of nitrogens with one attached hydrogen (secondary N) is 1. The van der Waals surface area contributed by atoms with E-state index in [1.165, 1.54) is 4.80 Å². The van der Waals surface area contributed by atoms with Crippen LogP contribution >= 0.6 is 0 Å².